The number of aliphatic hydroxyl groups excluding tert-OH is 1. The summed E-state index contributed by atoms with van der Waals surface area (Å²) in [5.41, 5.74) is 0.406. The highest BCUT2D eigenvalue weighted by Crippen LogP contribution is 2.15. The normalized spacial score (nSPS) is 11.7. The van der Waals surface area contributed by atoms with E-state index >= 15 is 0 Å². The Morgan fingerprint density at radius 3 is 2.76 bits per heavy atom. The Hall–Kier alpha value is -1.70. The fraction of sp³-hybridized carbons (Fsp3) is 0.357. The number of aromatic nitrogens is 2. The van der Waals surface area contributed by atoms with Gasteiger partial charge in [0.05, 0.1) is 17.8 Å². The highest BCUT2D eigenvalue weighted by atomic mass is 32.2. The third-order valence-corrected chi connectivity index (χ3v) is 4.69. The summed E-state index contributed by atoms with van der Waals surface area (Å²) in [6.45, 7) is 0.892. The second-order valence-corrected chi connectivity index (χ2v) is 6.41. The van der Waals surface area contributed by atoms with Crippen LogP contribution in [0.3, 0.4) is 0 Å². The minimum Gasteiger partial charge on any atom is -0.392 e. The molecule has 0 spiro atoms. The predicted molar refractivity (Wildman–Crippen MR) is 79.0 cm³/mol. The lowest BCUT2D eigenvalue weighted by molar-refractivity contribution is 0.278. The molecule has 1 heterocycles. The van der Waals surface area contributed by atoms with Crippen molar-refractivity contribution in [1.29, 1.82) is 0 Å². The first-order chi connectivity index (χ1) is 10.1. The molecule has 0 atom stereocenters. The van der Waals surface area contributed by atoms with Crippen molar-refractivity contribution in [2.24, 2.45) is 0 Å². The number of sulfonamides is 1. The molecule has 21 heavy (non-hydrogen) atoms. The number of hydrogen-bond donors (Lipinski definition) is 2. The lowest BCUT2D eigenvalue weighted by atomic mass is 10.2. The Kier molecular flexibility index (Phi) is 5.49. The van der Waals surface area contributed by atoms with Gasteiger partial charge in [-0.15, -0.1) is 0 Å². The van der Waals surface area contributed by atoms with E-state index in [0.29, 0.717) is 12.1 Å². The van der Waals surface area contributed by atoms with Crippen LogP contribution in [0.5, 0.6) is 0 Å². The van der Waals surface area contributed by atoms with E-state index in [0.717, 1.165) is 19.4 Å². The number of imidazole rings is 1. The number of unbranched alkanes of at least 4 members (excludes halogenated alkanes) is 1. The van der Waals surface area contributed by atoms with Gasteiger partial charge in [-0.25, -0.2) is 18.1 Å². The number of rotatable bonds is 8. The van der Waals surface area contributed by atoms with Crippen molar-refractivity contribution in [2.75, 3.05) is 6.54 Å². The van der Waals surface area contributed by atoms with Crippen LogP contribution < -0.4 is 4.72 Å². The van der Waals surface area contributed by atoms with E-state index in [1.165, 1.54) is 6.07 Å². The van der Waals surface area contributed by atoms with Gasteiger partial charge in [0, 0.05) is 25.5 Å². The maximum absolute atomic E-state index is 12.2. The van der Waals surface area contributed by atoms with Crippen LogP contribution in [0.2, 0.25) is 0 Å². The minimum absolute atomic E-state index is 0.141. The number of hydrogen-bond acceptors (Lipinski definition) is 4. The van der Waals surface area contributed by atoms with Crippen LogP contribution in [0, 0.1) is 0 Å². The summed E-state index contributed by atoms with van der Waals surface area (Å²) in [5, 5.41) is 9.20. The zero-order valence-electron chi connectivity index (χ0n) is 11.6. The summed E-state index contributed by atoms with van der Waals surface area (Å²) in [6.07, 6.45) is 6.93. The van der Waals surface area contributed by atoms with Crippen molar-refractivity contribution >= 4 is 10.0 Å². The molecule has 2 aromatic rings. The standard InChI is InChI=1S/C14H19N3O3S/c18-11-13-5-1-2-6-14(13)21(19,20)16-7-3-4-9-17-10-8-15-12-17/h1-2,5-6,8,10,12,16,18H,3-4,7,9,11H2. The molecule has 0 radical (unpaired) electrons. The number of nitrogens with zero attached hydrogens (tertiary/aromatic N) is 2. The molecule has 7 heteroatoms. The molecule has 0 bridgehead atoms. The maximum Gasteiger partial charge on any atom is 0.240 e. The van der Waals surface area contributed by atoms with E-state index in [9.17, 15) is 13.5 Å². The summed E-state index contributed by atoms with van der Waals surface area (Å²) in [7, 11) is -3.57. The zero-order valence-corrected chi connectivity index (χ0v) is 12.5. The van der Waals surface area contributed by atoms with E-state index in [1.807, 2.05) is 10.8 Å². The summed E-state index contributed by atoms with van der Waals surface area (Å²) >= 11 is 0. The van der Waals surface area contributed by atoms with Crippen molar-refractivity contribution in [3.8, 4) is 0 Å². The largest absolute Gasteiger partial charge is 0.392 e. The molecule has 6 nitrogen and oxygen atoms in total. The predicted octanol–water partition coefficient (Wildman–Crippen LogP) is 1.13. The van der Waals surface area contributed by atoms with Crippen LogP contribution in [0.1, 0.15) is 18.4 Å². The van der Waals surface area contributed by atoms with Gasteiger partial charge in [-0.05, 0) is 24.5 Å². The Labute approximate surface area is 124 Å². The van der Waals surface area contributed by atoms with E-state index < -0.39 is 10.0 Å². The van der Waals surface area contributed by atoms with E-state index in [2.05, 4.69) is 9.71 Å². The Morgan fingerprint density at radius 2 is 2.05 bits per heavy atom. The summed E-state index contributed by atoms with van der Waals surface area (Å²) in [4.78, 5) is 4.09. The van der Waals surface area contributed by atoms with Crippen LogP contribution in [0.25, 0.3) is 0 Å². The monoisotopic (exact) mass is 309 g/mol. The fourth-order valence-electron chi connectivity index (χ4n) is 2.02. The SMILES string of the molecule is O=S(=O)(NCCCCn1ccnc1)c1ccccc1CO. The van der Waals surface area contributed by atoms with Gasteiger partial charge in [0.25, 0.3) is 0 Å². The molecule has 0 fully saturated rings. The van der Waals surface area contributed by atoms with Crippen molar-refractivity contribution in [1.82, 2.24) is 14.3 Å². The van der Waals surface area contributed by atoms with Crippen LogP contribution in [-0.4, -0.2) is 29.6 Å². The quantitative estimate of drug-likeness (QED) is 0.716. The van der Waals surface area contributed by atoms with Gasteiger partial charge in [0.2, 0.25) is 10.0 Å². The van der Waals surface area contributed by atoms with Gasteiger partial charge in [-0.3, -0.25) is 0 Å². The van der Waals surface area contributed by atoms with Crippen molar-refractivity contribution in [3.05, 3.63) is 48.5 Å². The Bertz CT molecular complexity index is 654. The van der Waals surface area contributed by atoms with Crippen LogP contribution in [0.15, 0.2) is 47.9 Å². The molecule has 114 valence electrons. The Balaban J connectivity index is 1.84. The molecule has 1 aromatic carbocycles. The molecule has 0 aliphatic heterocycles. The van der Waals surface area contributed by atoms with Crippen LogP contribution in [-0.2, 0) is 23.2 Å². The third kappa shape index (κ3) is 4.38. The van der Waals surface area contributed by atoms with E-state index in [-0.39, 0.29) is 11.5 Å². The molecule has 0 saturated heterocycles. The van der Waals surface area contributed by atoms with E-state index in [1.54, 1.807) is 30.7 Å². The molecule has 0 unspecified atom stereocenters. The van der Waals surface area contributed by atoms with Crippen molar-refractivity contribution < 1.29 is 13.5 Å². The van der Waals surface area contributed by atoms with Gasteiger partial charge >= 0.3 is 0 Å². The molecular weight excluding hydrogens is 290 g/mol. The van der Waals surface area contributed by atoms with Crippen LogP contribution in [0.4, 0.5) is 0 Å². The highest BCUT2D eigenvalue weighted by molar-refractivity contribution is 7.89. The fourth-order valence-corrected chi connectivity index (χ4v) is 3.32. The molecule has 2 rings (SSSR count). The van der Waals surface area contributed by atoms with Gasteiger partial charge in [-0.1, -0.05) is 18.2 Å². The first-order valence-electron chi connectivity index (χ1n) is 6.77. The van der Waals surface area contributed by atoms with Gasteiger partial charge in [-0.2, -0.15) is 0 Å². The summed E-state index contributed by atoms with van der Waals surface area (Å²) in [6, 6.07) is 6.45. The van der Waals surface area contributed by atoms with Crippen molar-refractivity contribution in [2.45, 2.75) is 30.9 Å². The first-order valence-corrected chi connectivity index (χ1v) is 8.26. The average Bonchev–Trinajstić information content (AvgIpc) is 3.00. The topological polar surface area (TPSA) is 84.2 Å². The number of aliphatic hydroxyl groups is 1. The molecule has 0 saturated carbocycles. The molecule has 1 aromatic heterocycles. The number of benzene rings is 1. The second kappa shape index (κ2) is 7.35. The molecule has 0 amide bonds. The number of nitrogens with one attached hydrogen (secondary N) is 1. The van der Waals surface area contributed by atoms with Crippen LogP contribution >= 0.6 is 0 Å². The summed E-state index contributed by atoms with van der Waals surface area (Å²) in [5.74, 6) is 0. The smallest absolute Gasteiger partial charge is 0.240 e. The highest BCUT2D eigenvalue weighted by Gasteiger charge is 2.16. The minimum atomic E-state index is -3.57. The molecular formula is C14H19N3O3S. The van der Waals surface area contributed by atoms with E-state index in [4.69, 9.17) is 0 Å². The third-order valence-electron chi connectivity index (χ3n) is 3.13. The zero-order chi connectivity index (χ0) is 15.1. The molecule has 0 aliphatic carbocycles. The number of aryl methyl sites for hydroxylation is 1. The van der Waals surface area contributed by atoms with Gasteiger partial charge < -0.3 is 9.67 Å². The molecule has 0 aliphatic rings. The maximum atomic E-state index is 12.2. The van der Waals surface area contributed by atoms with Crippen molar-refractivity contribution in [3.63, 3.8) is 0 Å². The van der Waals surface area contributed by atoms with Gasteiger partial charge in [0.1, 0.15) is 0 Å². The average molecular weight is 309 g/mol. The lowest BCUT2D eigenvalue weighted by Gasteiger charge is -2.10. The molecule has 2 N–H and O–H groups in total. The van der Waals surface area contributed by atoms with Gasteiger partial charge in [0.15, 0.2) is 0 Å². The lowest BCUT2D eigenvalue weighted by Crippen LogP contribution is -2.26. The second-order valence-electron chi connectivity index (χ2n) is 4.67. The Morgan fingerprint density at radius 1 is 1.24 bits per heavy atom. The first kappa shape index (κ1) is 15.7. The summed E-state index contributed by atoms with van der Waals surface area (Å²) < 4.78 is 28.9.